The first-order valence-electron chi connectivity index (χ1n) is 6.33. The summed E-state index contributed by atoms with van der Waals surface area (Å²) in [7, 11) is -3.27. The van der Waals surface area contributed by atoms with E-state index in [-0.39, 0.29) is 0 Å². The molecule has 0 spiro atoms. The van der Waals surface area contributed by atoms with E-state index in [0.717, 1.165) is 11.1 Å². The summed E-state index contributed by atoms with van der Waals surface area (Å²) < 4.78 is 18.8. The fourth-order valence-electron chi connectivity index (χ4n) is 2.40. The van der Waals surface area contributed by atoms with Crippen LogP contribution < -0.4 is 9.83 Å². The van der Waals surface area contributed by atoms with E-state index < -0.39 is 13.2 Å². The highest BCUT2D eigenvalue weighted by Gasteiger charge is 2.41. The van der Waals surface area contributed by atoms with Gasteiger partial charge in [0.2, 0.25) is 0 Å². The van der Waals surface area contributed by atoms with Crippen LogP contribution >= 0.6 is 7.37 Å². The van der Waals surface area contributed by atoms with Gasteiger partial charge in [0.25, 0.3) is 0 Å². The highest BCUT2D eigenvalue weighted by molar-refractivity contribution is 7.68. The zero-order valence-corrected chi connectivity index (χ0v) is 11.5. The van der Waals surface area contributed by atoms with Gasteiger partial charge in [-0.2, -0.15) is 0 Å². The summed E-state index contributed by atoms with van der Waals surface area (Å²) in [6.07, 6.45) is 0.397. The maximum absolute atomic E-state index is 13.1. The molecule has 2 aromatic carbocycles. The van der Waals surface area contributed by atoms with Gasteiger partial charge in [0, 0.05) is 5.56 Å². The summed E-state index contributed by atoms with van der Waals surface area (Å²) in [5.41, 5.74) is 1.81. The molecule has 2 aromatic rings. The number of hydrogen-bond donors (Lipinski definition) is 1. The Morgan fingerprint density at radius 1 is 1.11 bits per heavy atom. The molecule has 0 saturated carbocycles. The molecule has 1 aliphatic rings. The van der Waals surface area contributed by atoms with Crippen molar-refractivity contribution in [1.82, 2.24) is 0 Å². The van der Waals surface area contributed by atoms with Crippen molar-refractivity contribution in [1.29, 1.82) is 0 Å². The predicted octanol–water partition coefficient (Wildman–Crippen LogP) is 3.38. The number of fused-ring (bicyclic) bond motifs is 3. The number of aliphatic hydroxyl groups is 1. The van der Waals surface area contributed by atoms with E-state index in [1.165, 1.54) is 0 Å². The third-order valence-electron chi connectivity index (χ3n) is 3.41. The number of para-hydroxylation sites is 1. The average Bonchev–Trinajstić information content (AvgIpc) is 2.47. The van der Waals surface area contributed by atoms with Crippen LogP contribution in [0.25, 0.3) is 11.1 Å². The Bertz CT molecular complexity index is 666. The van der Waals surface area contributed by atoms with Crippen LogP contribution in [0.5, 0.6) is 5.75 Å². The van der Waals surface area contributed by atoms with Crippen molar-refractivity contribution in [2.75, 3.05) is 0 Å². The minimum absolute atomic E-state index is 0.397. The Morgan fingerprint density at radius 2 is 1.74 bits per heavy atom. The van der Waals surface area contributed by atoms with E-state index in [9.17, 15) is 9.67 Å². The Labute approximate surface area is 112 Å². The molecule has 3 rings (SSSR count). The normalized spacial score (nSPS) is 22.0. The minimum Gasteiger partial charge on any atom is -0.438 e. The molecule has 0 radical (unpaired) electrons. The van der Waals surface area contributed by atoms with Crippen molar-refractivity contribution in [3.63, 3.8) is 0 Å². The van der Waals surface area contributed by atoms with Crippen LogP contribution in [-0.4, -0.2) is 11.0 Å². The average molecular weight is 274 g/mol. The second-order valence-corrected chi connectivity index (χ2v) is 7.05. The largest absolute Gasteiger partial charge is 0.438 e. The summed E-state index contributed by atoms with van der Waals surface area (Å²) in [6.45, 7) is 1.80. The van der Waals surface area contributed by atoms with Crippen LogP contribution in [0.1, 0.15) is 13.3 Å². The summed E-state index contributed by atoms with van der Waals surface area (Å²) in [5, 5.41) is 10.7. The van der Waals surface area contributed by atoms with Gasteiger partial charge in [-0.3, -0.25) is 4.57 Å². The lowest BCUT2D eigenvalue weighted by Crippen LogP contribution is -2.25. The molecule has 0 fully saturated rings. The molecular weight excluding hydrogens is 259 g/mol. The number of rotatable bonds is 2. The van der Waals surface area contributed by atoms with Crippen LogP contribution in [0.2, 0.25) is 0 Å². The van der Waals surface area contributed by atoms with Gasteiger partial charge in [-0.15, -0.1) is 0 Å². The molecule has 0 bridgehead atoms. The van der Waals surface area contributed by atoms with E-state index >= 15 is 0 Å². The molecule has 1 heterocycles. The third kappa shape index (κ3) is 1.81. The van der Waals surface area contributed by atoms with Crippen LogP contribution in [0.15, 0.2) is 48.5 Å². The van der Waals surface area contributed by atoms with Crippen molar-refractivity contribution < 1.29 is 14.2 Å². The Morgan fingerprint density at radius 3 is 2.47 bits per heavy atom. The number of aliphatic hydroxyl groups excluding tert-OH is 1. The molecular formula is C15H15O3P. The maximum atomic E-state index is 13.1. The van der Waals surface area contributed by atoms with Gasteiger partial charge in [0.15, 0.2) is 0 Å². The Balaban J connectivity index is 2.28. The quantitative estimate of drug-likeness (QED) is 0.854. The van der Waals surface area contributed by atoms with Crippen molar-refractivity contribution in [3.8, 4) is 16.9 Å². The lowest BCUT2D eigenvalue weighted by molar-refractivity contribution is 0.231. The number of benzene rings is 2. The Kier molecular flexibility index (Phi) is 2.96. The molecule has 98 valence electrons. The summed E-state index contributed by atoms with van der Waals surface area (Å²) >= 11 is 0. The maximum Gasteiger partial charge on any atom is 0.305 e. The first kappa shape index (κ1) is 12.5. The standard InChI is InChI=1S/C15H15O3P/c1-2-15(16)19(17)14-10-6-4-8-12(14)11-7-3-5-9-13(11)18-19/h3-10,15-16H,2H2,1H3. The number of hydrogen-bond acceptors (Lipinski definition) is 3. The van der Waals surface area contributed by atoms with Gasteiger partial charge in [-0.05, 0) is 24.1 Å². The van der Waals surface area contributed by atoms with Crippen molar-refractivity contribution in [2.24, 2.45) is 0 Å². The highest BCUT2D eigenvalue weighted by Crippen LogP contribution is 2.57. The van der Waals surface area contributed by atoms with Gasteiger partial charge in [0.05, 0.1) is 5.30 Å². The third-order valence-corrected chi connectivity index (χ3v) is 6.09. The monoisotopic (exact) mass is 274 g/mol. The molecule has 19 heavy (non-hydrogen) atoms. The summed E-state index contributed by atoms with van der Waals surface area (Å²) in [4.78, 5) is 0. The highest BCUT2D eigenvalue weighted by atomic mass is 31.2. The van der Waals surface area contributed by atoms with Gasteiger partial charge < -0.3 is 9.63 Å². The van der Waals surface area contributed by atoms with Crippen molar-refractivity contribution in [2.45, 2.75) is 19.2 Å². The van der Waals surface area contributed by atoms with Crippen molar-refractivity contribution in [3.05, 3.63) is 48.5 Å². The molecule has 1 N–H and O–H groups in total. The molecule has 3 nitrogen and oxygen atoms in total. The SMILES string of the molecule is CCC(O)P1(=O)Oc2ccccc2-c2ccccc21. The molecule has 0 aliphatic carbocycles. The second-order valence-electron chi connectivity index (χ2n) is 4.59. The molecule has 0 aromatic heterocycles. The van der Waals surface area contributed by atoms with E-state index in [0.29, 0.717) is 17.5 Å². The zero-order valence-electron chi connectivity index (χ0n) is 10.6. The summed E-state index contributed by atoms with van der Waals surface area (Å²) in [5.74, 6) is -0.390. The second kappa shape index (κ2) is 4.52. The smallest absolute Gasteiger partial charge is 0.305 e. The van der Waals surface area contributed by atoms with Crippen LogP contribution in [0, 0.1) is 0 Å². The lowest BCUT2D eigenvalue weighted by Gasteiger charge is -2.31. The topological polar surface area (TPSA) is 46.5 Å². The molecule has 2 atom stereocenters. The van der Waals surface area contributed by atoms with E-state index in [1.54, 1.807) is 19.1 Å². The molecule has 1 aliphatic heterocycles. The van der Waals surface area contributed by atoms with E-state index in [1.807, 2.05) is 36.4 Å². The fourth-order valence-corrected chi connectivity index (χ4v) is 4.70. The van der Waals surface area contributed by atoms with Crippen LogP contribution in [0.3, 0.4) is 0 Å². The van der Waals surface area contributed by atoms with Gasteiger partial charge in [-0.25, -0.2) is 0 Å². The predicted molar refractivity (Wildman–Crippen MR) is 76.0 cm³/mol. The molecule has 0 saturated heterocycles. The first-order valence-corrected chi connectivity index (χ1v) is 8.02. The van der Waals surface area contributed by atoms with Gasteiger partial charge in [-0.1, -0.05) is 43.3 Å². The van der Waals surface area contributed by atoms with Gasteiger partial charge >= 0.3 is 7.37 Å². The molecule has 2 unspecified atom stereocenters. The zero-order chi connectivity index (χ0) is 13.5. The minimum atomic E-state index is -3.27. The Hall–Kier alpha value is -1.57. The fraction of sp³-hybridized carbons (Fsp3) is 0.200. The lowest BCUT2D eigenvalue weighted by atomic mass is 10.0. The molecule has 0 amide bonds. The molecule has 4 heteroatoms. The van der Waals surface area contributed by atoms with Crippen LogP contribution in [-0.2, 0) is 4.57 Å². The van der Waals surface area contributed by atoms with Crippen LogP contribution in [0.4, 0.5) is 0 Å². The van der Waals surface area contributed by atoms with E-state index in [4.69, 9.17) is 4.52 Å². The van der Waals surface area contributed by atoms with Crippen molar-refractivity contribution >= 4 is 12.7 Å². The summed E-state index contributed by atoms with van der Waals surface area (Å²) in [6, 6.07) is 14.9. The first-order chi connectivity index (χ1) is 9.16. The van der Waals surface area contributed by atoms with E-state index in [2.05, 4.69) is 0 Å². The van der Waals surface area contributed by atoms with Gasteiger partial charge in [0.1, 0.15) is 11.6 Å².